The smallest absolute Gasteiger partial charge is 0.340 e. The highest BCUT2D eigenvalue weighted by molar-refractivity contribution is 6.00. The number of ether oxygens (including phenoxy) is 2. The van der Waals surface area contributed by atoms with Gasteiger partial charge in [0.1, 0.15) is 11.4 Å². The van der Waals surface area contributed by atoms with Crippen LogP contribution in [-0.4, -0.2) is 53.5 Å². The van der Waals surface area contributed by atoms with Crippen molar-refractivity contribution in [3.8, 4) is 5.75 Å². The molecule has 0 radical (unpaired) electrons. The van der Waals surface area contributed by atoms with E-state index in [9.17, 15) is 14.4 Å². The van der Waals surface area contributed by atoms with Crippen LogP contribution in [0.15, 0.2) is 24.3 Å². The Hall–Kier alpha value is -3.29. The van der Waals surface area contributed by atoms with Gasteiger partial charge < -0.3 is 24.7 Å². The maximum atomic E-state index is 13.2. The van der Waals surface area contributed by atoms with Gasteiger partial charge in [-0.25, -0.2) is 4.79 Å². The maximum absolute atomic E-state index is 13.2. The molecule has 3 rings (SSSR count). The molecule has 1 atom stereocenters. The number of esters is 1. The number of benzene rings is 1. The normalized spacial score (nSPS) is 15.8. The molecule has 1 fully saturated rings. The average molecular weight is 470 g/mol. The maximum Gasteiger partial charge on any atom is 0.340 e. The Labute approximate surface area is 201 Å². The number of hydrogen-bond donors (Lipinski definition) is 2. The summed E-state index contributed by atoms with van der Waals surface area (Å²) in [7, 11) is 0. The van der Waals surface area contributed by atoms with E-state index in [4.69, 9.17) is 9.47 Å². The Morgan fingerprint density at radius 2 is 1.88 bits per heavy atom. The zero-order valence-corrected chi connectivity index (χ0v) is 20.7. The third-order valence-electron chi connectivity index (χ3n) is 5.97. The van der Waals surface area contributed by atoms with Crippen LogP contribution in [0.2, 0.25) is 0 Å². The number of amides is 2. The van der Waals surface area contributed by atoms with Crippen LogP contribution in [-0.2, 0) is 16.1 Å². The van der Waals surface area contributed by atoms with E-state index in [0.29, 0.717) is 42.1 Å². The molecule has 1 aliphatic rings. The number of aromatic nitrogens is 1. The Morgan fingerprint density at radius 1 is 1.18 bits per heavy atom. The highest BCUT2D eigenvalue weighted by atomic mass is 16.5. The van der Waals surface area contributed by atoms with Crippen molar-refractivity contribution in [1.29, 1.82) is 0 Å². The number of nitrogens with one attached hydrogen (secondary N) is 2. The van der Waals surface area contributed by atoms with Gasteiger partial charge in [0.2, 0.25) is 5.91 Å². The summed E-state index contributed by atoms with van der Waals surface area (Å²) in [5.41, 5.74) is 2.96. The fourth-order valence-corrected chi connectivity index (χ4v) is 4.30. The van der Waals surface area contributed by atoms with Crippen molar-refractivity contribution in [3.05, 3.63) is 52.3 Å². The van der Waals surface area contributed by atoms with Gasteiger partial charge in [-0.3, -0.25) is 9.59 Å². The number of carbonyl (C=O) groups excluding carboxylic acids is 3. The zero-order valence-electron chi connectivity index (χ0n) is 20.7. The predicted octanol–water partition coefficient (Wildman–Crippen LogP) is 3.76. The number of H-pyrrole nitrogens is 1. The molecule has 0 bridgehead atoms. The molecule has 1 unspecified atom stereocenters. The zero-order chi connectivity index (χ0) is 24.8. The molecule has 1 aromatic carbocycles. The van der Waals surface area contributed by atoms with Gasteiger partial charge in [-0.05, 0) is 70.7 Å². The summed E-state index contributed by atoms with van der Waals surface area (Å²) < 4.78 is 10.8. The molecule has 2 amide bonds. The van der Waals surface area contributed by atoms with Crippen LogP contribution in [0, 0.1) is 19.8 Å². The topological polar surface area (TPSA) is 101 Å². The molecule has 2 heterocycles. The molecule has 34 heavy (non-hydrogen) atoms. The van der Waals surface area contributed by atoms with E-state index in [1.165, 1.54) is 0 Å². The number of aryl methyl sites for hydroxylation is 1. The molecule has 0 saturated carbocycles. The van der Waals surface area contributed by atoms with Crippen LogP contribution >= 0.6 is 0 Å². The minimum Gasteiger partial charge on any atom is -0.491 e. The minimum absolute atomic E-state index is 0.0633. The number of piperidine rings is 1. The second-order valence-electron chi connectivity index (χ2n) is 8.96. The summed E-state index contributed by atoms with van der Waals surface area (Å²) >= 11 is 0. The molecule has 184 valence electrons. The molecule has 1 aliphatic heterocycles. The van der Waals surface area contributed by atoms with E-state index in [0.717, 1.165) is 24.2 Å². The summed E-state index contributed by atoms with van der Waals surface area (Å²) in [6, 6.07) is 7.67. The van der Waals surface area contributed by atoms with Gasteiger partial charge in [0.15, 0.2) is 0 Å². The van der Waals surface area contributed by atoms with Crippen LogP contribution in [0.25, 0.3) is 0 Å². The summed E-state index contributed by atoms with van der Waals surface area (Å²) in [5, 5.41) is 3.00. The van der Waals surface area contributed by atoms with Crippen LogP contribution in [0.5, 0.6) is 5.75 Å². The van der Waals surface area contributed by atoms with Gasteiger partial charge in [0.25, 0.3) is 5.91 Å². The van der Waals surface area contributed by atoms with E-state index in [2.05, 4.69) is 10.3 Å². The Balaban J connectivity index is 1.60. The monoisotopic (exact) mass is 469 g/mol. The number of carbonyl (C=O) groups is 3. The van der Waals surface area contributed by atoms with Crippen molar-refractivity contribution in [3.63, 3.8) is 0 Å². The van der Waals surface area contributed by atoms with Crippen molar-refractivity contribution in [2.45, 2.75) is 60.1 Å². The Kier molecular flexibility index (Phi) is 8.36. The molecular weight excluding hydrogens is 434 g/mol. The minimum atomic E-state index is -0.438. The summed E-state index contributed by atoms with van der Waals surface area (Å²) in [5.74, 6) is -0.178. The average Bonchev–Trinajstić information content (AvgIpc) is 3.11. The van der Waals surface area contributed by atoms with E-state index >= 15 is 0 Å². The summed E-state index contributed by atoms with van der Waals surface area (Å²) in [4.78, 5) is 43.1. The van der Waals surface area contributed by atoms with Crippen LogP contribution < -0.4 is 10.1 Å². The van der Waals surface area contributed by atoms with Gasteiger partial charge >= 0.3 is 5.97 Å². The quantitative estimate of drug-likeness (QED) is 0.574. The van der Waals surface area contributed by atoms with Gasteiger partial charge in [-0.15, -0.1) is 0 Å². The van der Waals surface area contributed by atoms with Crippen molar-refractivity contribution >= 4 is 17.8 Å². The highest BCUT2D eigenvalue weighted by Crippen LogP contribution is 2.24. The Bertz CT molecular complexity index is 1030. The predicted molar refractivity (Wildman–Crippen MR) is 129 cm³/mol. The van der Waals surface area contributed by atoms with Gasteiger partial charge in [-0.1, -0.05) is 12.1 Å². The molecule has 0 aliphatic carbocycles. The number of hydrogen-bond acceptors (Lipinski definition) is 5. The van der Waals surface area contributed by atoms with Crippen LogP contribution in [0.4, 0.5) is 0 Å². The summed E-state index contributed by atoms with van der Waals surface area (Å²) in [6.07, 6.45) is 1.58. The second kappa shape index (κ2) is 11.2. The van der Waals surface area contributed by atoms with E-state index in [-0.39, 0.29) is 30.4 Å². The largest absolute Gasteiger partial charge is 0.491 e. The van der Waals surface area contributed by atoms with E-state index in [1.807, 2.05) is 38.1 Å². The molecule has 8 heteroatoms. The first kappa shape index (κ1) is 25.3. The number of likely N-dealkylation sites (tertiary alicyclic amines) is 1. The van der Waals surface area contributed by atoms with E-state index in [1.54, 1.807) is 25.7 Å². The number of rotatable bonds is 8. The lowest BCUT2D eigenvalue weighted by atomic mass is 9.96. The molecule has 8 nitrogen and oxygen atoms in total. The van der Waals surface area contributed by atoms with Gasteiger partial charge in [0, 0.05) is 25.3 Å². The SMILES string of the molecule is CCOC(=O)c1c(C)[nH]c(C(=O)N2CCCC(C(=O)NCc3ccc(OC(C)C)cc3)C2)c1C. The van der Waals surface area contributed by atoms with Crippen LogP contribution in [0.1, 0.15) is 71.3 Å². The Morgan fingerprint density at radius 3 is 2.53 bits per heavy atom. The fourth-order valence-electron chi connectivity index (χ4n) is 4.30. The van der Waals surface area contributed by atoms with Crippen molar-refractivity contribution in [2.75, 3.05) is 19.7 Å². The number of nitrogens with zero attached hydrogens (tertiary/aromatic N) is 1. The van der Waals surface area contributed by atoms with Gasteiger partial charge in [0.05, 0.1) is 24.2 Å². The first-order valence-electron chi connectivity index (χ1n) is 11.9. The van der Waals surface area contributed by atoms with Crippen molar-refractivity contribution in [2.24, 2.45) is 5.92 Å². The van der Waals surface area contributed by atoms with Crippen molar-refractivity contribution in [1.82, 2.24) is 15.2 Å². The number of aromatic amines is 1. The van der Waals surface area contributed by atoms with Crippen LogP contribution in [0.3, 0.4) is 0 Å². The molecule has 2 N–H and O–H groups in total. The van der Waals surface area contributed by atoms with E-state index < -0.39 is 5.97 Å². The molecule has 1 saturated heterocycles. The molecule has 2 aromatic rings. The van der Waals surface area contributed by atoms with Crippen molar-refractivity contribution < 1.29 is 23.9 Å². The lowest BCUT2D eigenvalue weighted by Crippen LogP contribution is -2.45. The molecule has 1 aromatic heterocycles. The fraction of sp³-hybridized carbons (Fsp3) is 0.500. The highest BCUT2D eigenvalue weighted by Gasteiger charge is 2.31. The van der Waals surface area contributed by atoms with Gasteiger partial charge in [-0.2, -0.15) is 0 Å². The molecular formula is C26H35N3O5. The molecule has 0 spiro atoms. The first-order chi connectivity index (χ1) is 16.2. The third kappa shape index (κ3) is 5.98. The third-order valence-corrected chi connectivity index (χ3v) is 5.97. The lowest BCUT2D eigenvalue weighted by molar-refractivity contribution is -0.126. The second-order valence-corrected chi connectivity index (χ2v) is 8.96. The summed E-state index contributed by atoms with van der Waals surface area (Å²) in [6.45, 7) is 10.8. The first-order valence-corrected chi connectivity index (χ1v) is 11.9. The lowest BCUT2D eigenvalue weighted by Gasteiger charge is -2.32. The standard InChI is InChI=1S/C26H35N3O5/c1-6-33-26(32)22-17(4)23(28-18(22)5)25(31)29-13-7-8-20(15-29)24(30)27-14-19-9-11-21(12-10-19)34-16(2)3/h9-12,16,20,28H,6-8,13-15H2,1-5H3,(H,27,30).